The maximum Gasteiger partial charge on any atom is 0.406 e. The van der Waals surface area contributed by atoms with E-state index < -0.39 is 31.0 Å². The molecule has 0 amide bonds. The van der Waals surface area contributed by atoms with Gasteiger partial charge in [-0.15, -0.1) is 0 Å². The van der Waals surface area contributed by atoms with Gasteiger partial charge in [-0.3, -0.25) is 9.13 Å². The molecule has 0 radical (unpaired) electrons. The van der Waals surface area contributed by atoms with Crippen LogP contribution < -0.4 is 5.69 Å². The lowest BCUT2D eigenvalue weighted by atomic mass is 10.2. The number of nitrogens with zero attached hydrogens (tertiary/aromatic N) is 3. The monoisotopic (exact) mass is 523 g/mol. The lowest BCUT2D eigenvalue weighted by Crippen LogP contribution is -2.30. The fourth-order valence-corrected chi connectivity index (χ4v) is 4.56. The number of aromatic nitrogens is 3. The number of rotatable bonds is 6. The van der Waals surface area contributed by atoms with Gasteiger partial charge in [0.1, 0.15) is 6.54 Å². The average Bonchev–Trinajstić information content (AvgIpc) is 3.16. The molecule has 0 unspecified atom stereocenters. The molecule has 0 atom stereocenters. The van der Waals surface area contributed by atoms with Gasteiger partial charge in [-0.1, -0.05) is 29.3 Å². The molecule has 2 heterocycles. The third-order valence-electron chi connectivity index (χ3n) is 5.44. The van der Waals surface area contributed by atoms with Crippen LogP contribution in [0.1, 0.15) is 18.5 Å². The van der Waals surface area contributed by atoms with E-state index in [1.165, 1.54) is 18.2 Å². The van der Waals surface area contributed by atoms with Gasteiger partial charge in [-0.05, 0) is 42.8 Å². The number of benzene rings is 2. The Hall–Kier alpha value is -2.59. The van der Waals surface area contributed by atoms with E-state index in [4.69, 9.17) is 23.2 Å². The maximum atomic E-state index is 13.2. The van der Waals surface area contributed by atoms with Crippen molar-refractivity contribution >= 4 is 45.1 Å². The Balaban J connectivity index is 1.83. The molecule has 0 aliphatic heterocycles. The van der Waals surface area contributed by atoms with E-state index in [-0.39, 0.29) is 35.6 Å². The number of alkyl halides is 6. The molecule has 2 aromatic carbocycles. The molecule has 4 rings (SSSR count). The number of hydrogen-bond acceptors (Lipinski definition) is 1. The molecule has 0 saturated heterocycles. The van der Waals surface area contributed by atoms with E-state index in [9.17, 15) is 31.1 Å². The van der Waals surface area contributed by atoms with E-state index in [1.807, 2.05) is 0 Å². The van der Waals surface area contributed by atoms with Gasteiger partial charge in [0.05, 0.1) is 22.6 Å². The van der Waals surface area contributed by atoms with Crippen LogP contribution in [0.25, 0.3) is 21.9 Å². The molecular weight excluding hydrogens is 507 g/mol. The highest BCUT2D eigenvalue weighted by atomic mass is 35.5. The second-order valence-corrected chi connectivity index (χ2v) is 8.73. The SMILES string of the molecule is O=c1n(Cc2cc3cc(Cl)ccc3n2CCCC(F)(F)F)c2cccc(Cl)c2n1CC(F)(F)F. The molecule has 0 saturated carbocycles. The first-order valence-electron chi connectivity index (χ1n) is 10.1. The average molecular weight is 524 g/mol. The summed E-state index contributed by atoms with van der Waals surface area (Å²) in [6.07, 6.45) is -10.2. The summed E-state index contributed by atoms with van der Waals surface area (Å²) in [6, 6.07) is 10.9. The summed E-state index contributed by atoms with van der Waals surface area (Å²) < 4.78 is 81.0. The number of aryl methyl sites for hydroxylation is 1. The van der Waals surface area contributed by atoms with E-state index in [1.54, 1.807) is 28.8 Å². The zero-order valence-corrected chi connectivity index (χ0v) is 18.9. The highest BCUT2D eigenvalue weighted by molar-refractivity contribution is 6.35. The van der Waals surface area contributed by atoms with Crippen molar-refractivity contribution in [2.75, 3.05) is 0 Å². The van der Waals surface area contributed by atoms with Crippen LogP contribution >= 0.6 is 23.2 Å². The topological polar surface area (TPSA) is 31.9 Å². The summed E-state index contributed by atoms with van der Waals surface area (Å²) in [5.74, 6) is 0. The van der Waals surface area contributed by atoms with Crippen LogP contribution in [-0.4, -0.2) is 26.1 Å². The summed E-state index contributed by atoms with van der Waals surface area (Å²) >= 11 is 12.2. The second kappa shape index (κ2) is 8.88. The first-order chi connectivity index (χ1) is 15.8. The van der Waals surface area contributed by atoms with Crippen molar-refractivity contribution in [2.24, 2.45) is 0 Å². The van der Waals surface area contributed by atoms with Gasteiger partial charge in [-0.25, -0.2) is 4.79 Å². The summed E-state index contributed by atoms with van der Waals surface area (Å²) in [7, 11) is 0. The van der Waals surface area contributed by atoms with Gasteiger partial charge in [0, 0.05) is 34.6 Å². The van der Waals surface area contributed by atoms with Crippen molar-refractivity contribution in [2.45, 2.75) is 44.8 Å². The fraction of sp³-hybridized carbons (Fsp3) is 0.318. The third kappa shape index (κ3) is 5.07. The van der Waals surface area contributed by atoms with Crippen LogP contribution in [0.2, 0.25) is 10.0 Å². The Kier molecular flexibility index (Phi) is 6.41. The largest absolute Gasteiger partial charge is 0.406 e. The van der Waals surface area contributed by atoms with Crippen LogP contribution in [-0.2, 0) is 19.6 Å². The number of fused-ring (bicyclic) bond motifs is 2. The number of hydrogen-bond donors (Lipinski definition) is 0. The molecule has 0 aliphatic rings. The summed E-state index contributed by atoms with van der Waals surface area (Å²) in [4.78, 5) is 13.0. The lowest BCUT2D eigenvalue weighted by Gasteiger charge is -2.13. The fourth-order valence-electron chi connectivity index (χ4n) is 4.11. The maximum absolute atomic E-state index is 13.2. The normalized spacial score (nSPS) is 12.8. The first kappa shape index (κ1) is 24.5. The minimum atomic E-state index is -4.66. The molecule has 0 N–H and O–H groups in total. The zero-order valence-electron chi connectivity index (χ0n) is 17.4. The molecule has 182 valence electrons. The Morgan fingerprint density at radius 1 is 0.824 bits per heavy atom. The summed E-state index contributed by atoms with van der Waals surface area (Å²) in [5.41, 5.74) is 0.256. The van der Waals surface area contributed by atoms with Gasteiger partial charge in [0.2, 0.25) is 0 Å². The quantitative estimate of drug-likeness (QED) is 0.250. The summed E-state index contributed by atoms with van der Waals surface area (Å²) in [5, 5.41) is 1.03. The lowest BCUT2D eigenvalue weighted by molar-refractivity contribution is -0.140. The Bertz CT molecular complexity index is 1410. The predicted molar refractivity (Wildman–Crippen MR) is 119 cm³/mol. The van der Waals surface area contributed by atoms with E-state index in [2.05, 4.69) is 0 Å². The molecule has 0 bridgehead atoms. The number of para-hydroxylation sites is 1. The van der Waals surface area contributed by atoms with Gasteiger partial charge in [-0.2, -0.15) is 26.3 Å². The second-order valence-electron chi connectivity index (χ2n) is 7.89. The van der Waals surface area contributed by atoms with Crippen molar-refractivity contribution in [1.82, 2.24) is 13.7 Å². The first-order valence-corrected chi connectivity index (χ1v) is 10.9. The van der Waals surface area contributed by atoms with Crippen molar-refractivity contribution < 1.29 is 26.3 Å². The smallest absolute Gasteiger partial charge is 0.343 e. The standard InChI is InChI=1S/C22H17Cl2F6N3O/c23-14-5-6-17-13(9-14)10-15(31(17)8-2-7-21(25,26)27)11-32-18-4-1-3-16(24)19(18)33(20(32)34)12-22(28,29)30/h1,3-6,9-10H,2,7-8,11-12H2. The zero-order chi connectivity index (χ0) is 24.8. The van der Waals surface area contributed by atoms with Crippen LogP contribution in [0.4, 0.5) is 26.3 Å². The van der Waals surface area contributed by atoms with E-state index in [0.717, 1.165) is 4.57 Å². The Labute approximate surface area is 198 Å². The third-order valence-corrected chi connectivity index (χ3v) is 5.98. The molecule has 34 heavy (non-hydrogen) atoms. The predicted octanol–water partition coefficient (Wildman–Crippen LogP) is 7.02. The van der Waals surface area contributed by atoms with Gasteiger partial charge < -0.3 is 4.57 Å². The molecule has 0 fully saturated rings. The Morgan fingerprint density at radius 3 is 2.24 bits per heavy atom. The summed E-state index contributed by atoms with van der Waals surface area (Å²) in [6.45, 7) is -1.70. The molecule has 0 aliphatic carbocycles. The Morgan fingerprint density at radius 2 is 1.56 bits per heavy atom. The van der Waals surface area contributed by atoms with Crippen LogP contribution in [0.3, 0.4) is 0 Å². The molecule has 2 aromatic heterocycles. The van der Waals surface area contributed by atoms with Gasteiger partial charge in [0.15, 0.2) is 0 Å². The van der Waals surface area contributed by atoms with Crippen LogP contribution in [0, 0.1) is 0 Å². The minimum Gasteiger partial charge on any atom is -0.343 e. The van der Waals surface area contributed by atoms with Crippen molar-refractivity contribution in [3.63, 3.8) is 0 Å². The molecule has 4 nitrogen and oxygen atoms in total. The molecule has 4 aromatic rings. The molecule has 0 spiro atoms. The van der Waals surface area contributed by atoms with Crippen LogP contribution in [0.15, 0.2) is 47.3 Å². The van der Waals surface area contributed by atoms with Gasteiger partial charge >= 0.3 is 18.0 Å². The molecular formula is C22H17Cl2F6N3O. The number of halogens is 8. The van der Waals surface area contributed by atoms with Crippen molar-refractivity contribution in [3.8, 4) is 0 Å². The molecule has 12 heteroatoms. The van der Waals surface area contributed by atoms with Crippen molar-refractivity contribution in [3.05, 3.63) is 68.7 Å². The van der Waals surface area contributed by atoms with E-state index in [0.29, 0.717) is 26.2 Å². The number of imidazole rings is 1. The highest BCUT2D eigenvalue weighted by Gasteiger charge is 2.31. The van der Waals surface area contributed by atoms with Crippen LogP contribution in [0.5, 0.6) is 0 Å². The highest BCUT2D eigenvalue weighted by Crippen LogP contribution is 2.29. The van der Waals surface area contributed by atoms with Crippen molar-refractivity contribution in [1.29, 1.82) is 0 Å². The van der Waals surface area contributed by atoms with E-state index >= 15 is 0 Å². The minimum absolute atomic E-state index is 0.00330. The van der Waals surface area contributed by atoms with Gasteiger partial charge in [0.25, 0.3) is 0 Å².